The van der Waals surface area contributed by atoms with Crippen molar-refractivity contribution in [3.63, 3.8) is 0 Å². The Morgan fingerprint density at radius 3 is 2.82 bits per heavy atom. The van der Waals surface area contributed by atoms with Crippen LogP contribution in [0.3, 0.4) is 0 Å². The molecule has 1 unspecified atom stereocenters. The number of nitrogen functional groups attached to an aromatic ring is 1. The number of nitrogens with two attached hydrogens (primary N) is 1. The number of aromatic nitrogens is 2. The van der Waals surface area contributed by atoms with Gasteiger partial charge in [0, 0.05) is 31.6 Å². The minimum absolute atomic E-state index is 0.115. The molecular formula is C11H20N4OS. The molecule has 0 aromatic carbocycles. The summed E-state index contributed by atoms with van der Waals surface area (Å²) in [4.78, 5) is 13.9. The first-order valence-corrected chi connectivity index (χ1v) is 6.99. The predicted octanol–water partition coefficient (Wildman–Crippen LogP) is 1.31. The first-order valence-electron chi connectivity index (χ1n) is 5.60. The molecule has 1 atom stereocenters. The van der Waals surface area contributed by atoms with Crippen molar-refractivity contribution in [3.05, 3.63) is 11.9 Å². The van der Waals surface area contributed by atoms with E-state index in [9.17, 15) is 4.79 Å². The molecule has 0 radical (unpaired) electrons. The monoisotopic (exact) mass is 256 g/mol. The van der Waals surface area contributed by atoms with Gasteiger partial charge in [-0.1, -0.05) is 0 Å². The van der Waals surface area contributed by atoms with Gasteiger partial charge in [-0.3, -0.25) is 9.48 Å². The van der Waals surface area contributed by atoms with E-state index in [2.05, 4.69) is 5.10 Å². The molecule has 1 rings (SSSR count). The topological polar surface area (TPSA) is 64.2 Å². The quantitative estimate of drug-likeness (QED) is 0.862. The van der Waals surface area contributed by atoms with Gasteiger partial charge in [0.15, 0.2) is 5.69 Å². The van der Waals surface area contributed by atoms with E-state index in [1.807, 2.05) is 20.1 Å². The normalized spacial score (nSPS) is 12.5. The second kappa shape index (κ2) is 5.95. The van der Waals surface area contributed by atoms with Gasteiger partial charge in [-0.15, -0.1) is 0 Å². The molecule has 0 aliphatic heterocycles. The second-order valence-corrected chi connectivity index (χ2v) is 4.92. The molecule has 1 aromatic heterocycles. The van der Waals surface area contributed by atoms with Crippen molar-refractivity contribution in [1.29, 1.82) is 0 Å². The number of anilines is 1. The summed E-state index contributed by atoms with van der Waals surface area (Å²) in [5.41, 5.74) is 6.59. The molecule has 1 heterocycles. The zero-order valence-electron chi connectivity index (χ0n) is 10.8. The molecule has 0 saturated heterocycles. The lowest BCUT2D eigenvalue weighted by Gasteiger charge is -2.23. The van der Waals surface area contributed by atoms with Crippen LogP contribution in [0.15, 0.2) is 6.20 Å². The third kappa shape index (κ3) is 3.15. The standard InChI is InChI=1S/C11H20N4OS/c1-5-15-6-9(12)10(13-15)11(16)14(3)8(2)7-17-4/h6,8H,5,7,12H2,1-4H3. The molecule has 96 valence electrons. The van der Waals surface area contributed by atoms with Crippen molar-refractivity contribution < 1.29 is 4.79 Å². The average Bonchev–Trinajstić information content (AvgIpc) is 2.69. The van der Waals surface area contributed by atoms with Crippen LogP contribution in [0.25, 0.3) is 0 Å². The SMILES string of the molecule is CCn1cc(N)c(C(=O)N(C)C(C)CSC)n1. The van der Waals surface area contributed by atoms with E-state index in [0.717, 1.165) is 5.75 Å². The van der Waals surface area contributed by atoms with Crippen molar-refractivity contribution in [1.82, 2.24) is 14.7 Å². The maximum Gasteiger partial charge on any atom is 0.276 e. The number of rotatable bonds is 5. The van der Waals surface area contributed by atoms with Crippen LogP contribution in [0.5, 0.6) is 0 Å². The zero-order valence-corrected chi connectivity index (χ0v) is 11.6. The highest BCUT2D eigenvalue weighted by atomic mass is 32.2. The average molecular weight is 256 g/mol. The lowest BCUT2D eigenvalue weighted by atomic mass is 10.3. The Labute approximate surface area is 106 Å². The lowest BCUT2D eigenvalue weighted by molar-refractivity contribution is 0.0751. The third-order valence-corrected chi connectivity index (χ3v) is 3.52. The Bertz CT molecular complexity index is 391. The second-order valence-electron chi connectivity index (χ2n) is 4.01. The highest BCUT2D eigenvalue weighted by Crippen LogP contribution is 2.14. The third-order valence-electron chi connectivity index (χ3n) is 2.71. The zero-order chi connectivity index (χ0) is 13.0. The summed E-state index contributed by atoms with van der Waals surface area (Å²) < 4.78 is 1.68. The van der Waals surface area contributed by atoms with Crippen LogP contribution in [0.2, 0.25) is 0 Å². The van der Waals surface area contributed by atoms with Crippen molar-refractivity contribution in [3.8, 4) is 0 Å². The number of carbonyl (C=O) groups is 1. The Balaban J connectivity index is 2.84. The number of hydrogen-bond donors (Lipinski definition) is 1. The van der Waals surface area contributed by atoms with E-state index in [-0.39, 0.29) is 11.9 Å². The van der Waals surface area contributed by atoms with Crippen LogP contribution in [0.1, 0.15) is 24.3 Å². The van der Waals surface area contributed by atoms with Crippen LogP contribution < -0.4 is 5.73 Å². The smallest absolute Gasteiger partial charge is 0.276 e. The van der Waals surface area contributed by atoms with Crippen LogP contribution >= 0.6 is 11.8 Å². The van der Waals surface area contributed by atoms with Gasteiger partial charge in [0.1, 0.15) is 0 Å². The first kappa shape index (κ1) is 13.9. The summed E-state index contributed by atoms with van der Waals surface area (Å²) in [6, 6.07) is 0.170. The van der Waals surface area contributed by atoms with Crippen LogP contribution in [-0.4, -0.2) is 45.7 Å². The van der Waals surface area contributed by atoms with Gasteiger partial charge in [-0.2, -0.15) is 16.9 Å². The van der Waals surface area contributed by atoms with Crippen LogP contribution in [0, 0.1) is 0 Å². The summed E-state index contributed by atoms with van der Waals surface area (Å²) in [6.07, 6.45) is 3.72. The minimum atomic E-state index is -0.115. The van der Waals surface area contributed by atoms with E-state index in [1.165, 1.54) is 0 Å². The van der Waals surface area contributed by atoms with Crippen molar-refractivity contribution in [2.45, 2.75) is 26.4 Å². The Hall–Kier alpha value is -1.17. The summed E-state index contributed by atoms with van der Waals surface area (Å²) in [7, 11) is 1.79. The molecule has 2 N–H and O–H groups in total. The molecule has 0 spiro atoms. The van der Waals surface area contributed by atoms with Crippen molar-refractivity contribution in [2.75, 3.05) is 24.8 Å². The predicted molar refractivity (Wildman–Crippen MR) is 72.3 cm³/mol. The molecule has 17 heavy (non-hydrogen) atoms. The summed E-state index contributed by atoms with van der Waals surface area (Å²) >= 11 is 1.71. The van der Waals surface area contributed by atoms with Gasteiger partial charge in [-0.25, -0.2) is 0 Å². The van der Waals surface area contributed by atoms with Gasteiger partial charge in [0.05, 0.1) is 5.69 Å². The minimum Gasteiger partial charge on any atom is -0.396 e. The van der Waals surface area contributed by atoms with Gasteiger partial charge >= 0.3 is 0 Å². The maximum absolute atomic E-state index is 12.2. The summed E-state index contributed by atoms with van der Waals surface area (Å²) in [6.45, 7) is 4.68. The molecule has 0 bridgehead atoms. The molecular weight excluding hydrogens is 236 g/mol. The molecule has 0 fully saturated rings. The molecule has 6 heteroatoms. The number of carbonyl (C=O) groups excluding carboxylic acids is 1. The first-order chi connectivity index (χ1) is 8.01. The van der Waals surface area contributed by atoms with Crippen LogP contribution in [-0.2, 0) is 6.54 Å². The fraction of sp³-hybridized carbons (Fsp3) is 0.636. The van der Waals surface area contributed by atoms with Gasteiger partial charge in [-0.05, 0) is 20.1 Å². The fourth-order valence-electron chi connectivity index (χ4n) is 1.49. The highest BCUT2D eigenvalue weighted by Gasteiger charge is 2.22. The molecule has 1 aromatic rings. The largest absolute Gasteiger partial charge is 0.396 e. The number of thioether (sulfide) groups is 1. The summed E-state index contributed by atoms with van der Waals surface area (Å²) in [5, 5.41) is 4.19. The van der Waals surface area contributed by atoms with E-state index >= 15 is 0 Å². The van der Waals surface area contributed by atoms with E-state index in [4.69, 9.17) is 5.73 Å². The van der Waals surface area contributed by atoms with Gasteiger partial charge < -0.3 is 10.6 Å². The fourth-order valence-corrected chi connectivity index (χ4v) is 2.19. The number of aryl methyl sites for hydroxylation is 1. The van der Waals surface area contributed by atoms with Crippen molar-refractivity contribution in [2.24, 2.45) is 0 Å². The number of amides is 1. The molecule has 1 amide bonds. The van der Waals surface area contributed by atoms with Crippen LogP contribution in [0.4, 0.5) is 5.69 Å². The highest BCUT2D eigenvalue weighted by molar-refractivity contribution is 7.98. The molecule has 0 saturated carbocycles. The molecule has 5 nitrogen and oxygen atoms in total. The van der Waals surface area contributed by atoms with Gasteiger partial charge in [0.2, 0.25) is 0 Å². The number of hydrogen-bond acceptors (Lipinski definition) is 4. The van der Waals surface area contributed by atoms with E-state index in [1.54, 1.807) is 34.6 Å². The summed E-state index contributed by atoms with van der Waals surface area (Å²) in [5.74, 6) is 0.785. The molecule has 0 aliphatic rings. The molecule has 0 aliphatic carbocycles. The van der Waals surface area contributed by atoms with Gasteiger partial charge in [0.25, 0.3) is 5.91 Å². The van der Waals surface area contributed by atoms with Crippen molar-refractivity contribution >= 4 is 23.4 Å². The maximum atomic E-state index is 12.2. The van der Waals surface area contributed by atoms with E-state index in [0.29, 0.717) is 17.9 Å². The van der Waals surface area contributed by atoms with E-state index < -0.39 is 0 Å². The Morgan fingerprint density at radius 2 is 2.35 bits per heavy atom. The Kier molecular flexibility index (Phi) is 4.86. The Morgan fingerprint density at radius 1 is 1.71 bits per heavy atom. The number of nitrogens with zero attached hydrogens (tertiary/aromatic N) is 3. The lowest BCUT2D eigenvalue weighted by Crippen LogP contribution is -2.37.